The molecule has 3 rings (SSSR count). The van der Waals surface area contributed by atoms with Crippen molar-refractivity contribution < 1.29 is 19.1 Å². The van der Waals surface area contributed by atoms with E-state index < -0.39 is 0 Å². The predicted molar refractivity (Wildman–Crippen MR) is 92.6 cm³/mol. The van der Waals surface area contributed by atoms with Crippen LogP contribution in [-0.4, -0.2) is 72.2 Å². The van der Waals surface area contributed by atoms with Gasteiger partial charge in [-0.2, -0.15) is 0 Å². The largest absolute Gasteiger partial charge is 0.379 e. The molecule has 2 aromatic rings. The van der Waals surface area contributed by atoms with Crippen molar-refractivity contribution in [1.82, 2.24) is 19.6 Å². The summed E-state index contributed by atoms with van der Waals surface area (Å²) in [5.74, 6) is -0.223. The standard InChI is InChI=1S/C16H22N4O4S/c1-19(2)15(22)10-24-13-9-23-5-3-12(13)18-14(21)7-11-8-20-4-6-25-16(20)17-11/h4,6,8,12-13H,3,5,7,9-10H2,1-2H3,(H,18,21)/t12-,13-/m1/s1. The van der Waals surface area contributed by atoms with Gasteiger partial charge in [-0.15, -0.1) is 11.3 Å². The highest BCUT2D eigenvalue weighted by atomic mass is 32.1. The van der Waals surface area contributed by atoms with Gasteiger partial charge < -0.3 is 19.7 Å². The zero-order valence-electron chi connectivity index (χ0n) is 14.3. The number of nitrogens with zero attached hydrogens (tertiary/aromatic N) is 3. The number of carbonyl (C=O) groups excluding carboxylic acids is 2. The van der Waals surface area contributed by atoms with E-state index in [2.05, 4.69) is 10.3 Å². The molecule has 9 heteroatoms. The molecule has 0 aromatic carbocycles. The van der Waals surface area contributed by atoms with Crippen LogP contribution >= 0.6 is 11.3 Å². The lowest BCUT2D eigenvalue weighted by atomic mass is 10.1. The third kappa shape index (κ3) is 4.56. The first-order chi connectivity index (χ1) is 12.0. The number of amides is 2. The van der Waals surface area contributed by atoms with Crippen molar-refractivity contribution in [2.45, 2.75) is 25.0 Å². The van der Waals surface area contributed by atoms with Gasteiger partial charge in [0, 0.05) is 38.5 Å². The van der Waals surface area contributed by atoms with Crippen LogP contribution in [0.15, 0.2) is 17.8 Å². The highest BCUT2D eigenvalue weighted by Crippen LogP contribution is 2.14. The minimum Gasteiger partial charge on any atom is -0.379 e. The first kappa shape index (κ1) is 17.8. The van der Waals surface area contributed by atoms with Gasteiger partial charge in [-0.25, -0.2) is 4.98 Å². The summed E-state index contributed by atoms with van der Waals surface area (Å²) in [5, 5.41) is 4.94. The smallest absolute Gasteiger partial charge is 0.248 e. The average molecular weight is 366 g/mol. The molecular formula is C16H22N4O4S. The molecule has 8 nitrogen and oxygen atoms in total. The van der Waals surface area contributed by atoms with E-state index >= 15 is 0 Å². The fourth-order valence-corrected chi connectivity index (χ4v) is 3.35. The van der Waals surface area contributed by atoms with Crippen molar-refractivity contribution >= 4 is 28.1 Å². The molecule has 0 spiro atoms. The Kier molecular flexibility index (Phi) is 5.67. The van der Waals surface area contributed by atoms with E-state index in [-0.39, 0.29) is 37.0 Å². The number of hydrogen-bond acceptors (Lipinski definition) is 6. The van der Waals surface area contributed by atoms with Crippen molar-refractivity contribution in [1.29, 1.82) is 0 Å². The van der Waals surface area contributed by atoms with Gasteiger partial charge in [-0.1, -0.05) is 0 Å². The molecule has 0 radical (unpaired) electrons. The summed E-state index contributed by atoms with van der Waals surface area (Å²) < 4.78 is 13.0. The second kappa shape index (κ2) is 7.94. The van der Waals surface area contributed by atoms with E-state index in [1.807, 2.05) is 22.2 Å². The molecule has 136 valence electrons. The van der Waals surface area contributed by atoms with Gasteiger partial charge in [0.05, 0.1) is 24.8 Å². The fraction of sp³-hybridized carbons (Fsp3) is 0.562. The van der Waals surface area contributed by atoms with Crippen LogP contribution in [0.25, 0.3) is 4.96 Å². The highest BCUT2D eigenvalue weighted by molar-refractivity contribution is 7.15. The molecule has 25 heavy (non-hydrogen) atoms. The second-order valence-electron chi connectivity index (χ2n) is 6.18. The molecular weight excluding hydrogens is 344 g/mol. The summed E-state index contributed by atoms with van der Waals surface area (Å²) in [6, 6.07) is -0.167. The SMILES string of the molecule is CN(C)C(=O)CO[C@@H]1COCC[C@H]1NC(=O)Cc1cn2ccsc2n1. The van der Waals surface area contributed by atoms with Gasteiger partial charge in [0.2, 0.25) is 11.8 Å². The Bertz CT molecular complexity index is 713. The van der Waals surface area contributed by atoms with Crippen molar-refractivity contribution in [3.05, 3.63) is 23.5 Å². The normalized spacial score (nSPS) is 20.6. The van der Waals surface area contributed by atoms with Crippen LogP contribution in [0, 0.1) is 0 Å². The van der Waals surface area contributed by atoms with Gasteiger partial charge >= 0.3 is 0 Å². The Morgan fingerprint density at radius 2 is 2.36 bits per heavy atom. The molecule has 0 aliphatic carbocycles. The molecule has 3 heterocycles. The number of carbonyl (C=O) groups is 2. The maximum Gasteiger partial charge on any atom is 0.248 e. The second-order valence-corrected chi connectivity index (χ2v) is 7.05. The minimum absolute atomic E-state index is 0.0231. The van der Waals surface area contributed by atoms with Crippen LogP contribution in [0.2, 0.25) is 0 Å². The number of ether oxygens (including phenoxy) is 2. The number of aromatic nitrogens is 2. The van der Waals surface area contributed by atoms with Crippen molar-refractivity contribution in [2.75, 3.05) is 33.9 Å². The summed E-state index contributed by atoms with van der Waals surface area (Å²) in [4.78, 5) is 30.8. The Hall–Kier alpha value is -1.97. The van der Waals surface area contributed by atoms with E-state index in [0.717, 1.165) is 10.7 Å². The zero-order valence-corrected chi connectivity index (χ0v) is 15.1. The van der Waals surface area contributed by atoms with Crippen molar-refractivity contribution in [3.8, 4) is 0 Å². The van der Waals surface area contributed by atoms with Gasteiger partial charge in [0.15, 0.2) is 4.96 Å². The number of thiazole rings is 1. The van der Waals surface area contributed by atoms with E-state index in [1.54, 1.807) is 14.1 Å². The number of imidazole rings is 1. The topological polar surface area (TPSA) is 85.2 Å². The van der Waals surface area contributed by atoms with Crippen LogP contribution in [0.3, 0.4) is 0 Å². The molecule has 1 saturated heterocycles. The van der Waals surface area contributed by atoms with Crippen LogP contribution in [0.1, 0.15) is 12.1 Å². The van der Waals surface area contributed by atoms with Gasteiger partial charge in [0.1, 0.15) is 12.7 Å². The molecule has 2 atom stereocenters. The molecule has 1 N–H and O–H groups in total. The van der Waals surface area contributed by atoms with Gasteiger partial charge in [0.25, 0.3) is 0 Å². The average Bonchev–Trinajstić information content (AvgIpc) is 3.14. The van der Waals surface area contributed by atoms with Crippen LogP contribution in [-0.2, 0) is 25.5 Å². The van der Waals surface area contributed by atoms with E-state index in [4.69, 9.17) is 9.47 Å². The Labute approximate surface area is 149 Å². The quantitative estimate of drug-likeness (QED) is 0.796. The maximum absolute atomic E-state index is 12.3. The number of nitrogens with one attached hydrogen (secondary N) is 1. The highest BCUT2D eigenvalue weighted by Gasteiger charge is 2.29. The van der Waals surface area contributed by atoms with E-state index in [0.29, 0.717) is 19.6 Å². The molecule has 0 saturated carbocycles. The third-order valence-corrected chi connectivity index (χ3v) is 4.83. The lowest BCUT2D eigenvalue weighted by molar-refractivity contribution is -0.141. The first-order valence-corrected chi connectivity index (χ1v) is 9.01. The Morgan fingerprint density at radius 3 is 3.12 bits per heavy atom. The van der Waals surface area contributed by atoms with Crippen LogP contribution in [0.5, 0.6) is 0 Å². The molecule has 0 unspecified atom stereocenters. The minimum atomic E-state index is -0.327. The third-order valence-electron chi connectivity index (χ3n) is 4.05. The summed E-state index contributed by atoms with van der Waals surface area (Å²) >= 11 is 1.53. The fourth-order valence-electron chi connectivity index (χ4n) is 2.63. The number of likely N-dealkylation sites (N-methyl/N-ethyl adjacent to an activating group) is 1. The predicted octanol–water partition coefficient (Wildman–Crippen LogP) is 0.317. The lowest BCUT2D eigenvalue weighted by Gasteiger charge is -2.32. The monoisotopic (exact) mass is 366 g/mol. The summed E-state index contributed by atoms with van der Waals surface area (Å²) in [7, 11) is 3.36. The summed E-state index contributed by atoms with van der Waals surface area (Å²) in [6.07, 6.45) is 4.32. The van der Waals surface area contributed by atoms with Crippen LogP contribution < -0.4 is 5.32 Å². The number of rotatable bonds is 6. The molecule has 0 bridgehead atoms. The van der Waals surface area contributed by atoms with Gasteiger partial charge in [-0.3, -0.25) is 14.0 Å². The summed E-state index contributed by atoms with van der Waals surface area (Å²) in [5.41, 5.74) is 0.733. The van der Waals surface area contributed by atoms with Crippen molar-refractivity contribution in [3.63, 3.8) is 0 Å². The van der Waals surface area contributed by atoms with Gasteiger partial charge in [-0.05, 0) is 6.42 Å². The molecule has 2 aromatic heterocycles. The molecule has 1 fully saturated rings. The van der Waals surface area contributed by atoms with E-state index in [1.165, 1.54) is 16.2 Å². The zero-order chi connectivity index (χ0) is 17.8. The number of hydrogen-bond donors (Lipinski definition) is 1. The Balaban J connectivity index is 1.54. The van der Waals surface area contributed by atoms with Crippen molar-refractivity contribution in [2.24, 2.45) is 0 Å². The molecule has 1 aliphatic rings. The van der Waals surface area contributed by atoms with E-state index in [9.17, 15) is 9.59 Å². The Morgan fingerprint density at radius 1 is 1.52 bits per heavy atom. The molecule has 2 amide bonds. The maximum atomic E-state index is 12.3. The number of fused-ring (bicyclic) bond motifs is 1. The first-order valence-electron chi connectivity index (χ1n) is 8.13. The lowest BCUT2D eigenvalue weighted by Crippen LogP contribution is -2.51. The molecule has 1 aliphatic heterocycles. The van der Waals surface area contributed by atoms with Crippen LogP contribution in [0.4, 0.5) is 0 Å². The summed E-state index contributed by atoms with van der Waals surface area (Å²) in [6.45, 7) is 0.906.